The van der Waals surface area contributed by atoms with Crippen LogP contribution in [-0.2, 0) is 39.4 Å². The minimum Gasteiger partial charge on any atom is -0.478 e. The molecule has 48 heavy (non-hydrogen) atoms. The summed E-state index contributed by atoms with van der Waals surface area (Å²) in [7, 11) is -9.73. The van der Waals surface area contributed by atoms with Crippen molar-refractivity contribution in [1.29, 1.82) is 0 Å². The summed E-state index contributed by atoms with van der Waals surface area (Å²) in [5.74, 6) is -4.30. The van der Waals surface area contributed by atoms with Gasteiger partial charge in [-0.25, -0.2) is 9.59 Å². The van der Waals surface area contributed by atoms with Crippen molar-refractivity contribution in [3.63, 3.8) is 0 Å². The van der Waals surface area contributed by atoms with Crippen LogP contribution in [0.4, 0.5) is 11.4 Å². The van der Waals surface area contributed by atoms with Crippen LogP contribution in [0.3, 0.4) is 0 Å². The molecular formula is C30H24N4O12S2. The highest BCUT2D eigenvalue weighted by Gasteiger charge is 2.25. The molecule has 16 nitrogen and oxygen atoms in total. The molecular weight excluding hydrogens is 672 g/mol. The van der Waals surface area contributed by atoms with Gasteiger partial charge >= 0.3 is 11.9 Å². The number of hydrazone groups is 2. The third kappa shape index (κ3) is 8.12. The van der Waals surface area contributed by atoms with Gasteiger partial charge in [0.2, 0.25) is 0 Å². The predicted octanol–water partition coefficient (Wildman–Crippen LogP) is 2.97. The highest BCUT2D eigenvalue weighted by Crippen LogP contribution is 2.27. The van der Waals surface area contributed by atoms with Gasteiger partial charge < -0.3 is 10.2 Å². The second-order valence-electron chi connectivity index (χ2n) is 10.1. The van der Waals surface area contributed by atoms with Gasteiger partial charge in [0.25, 0.3) is 20.2 Å². The first-order valence-corrected chi connectivity index (χ1v) is 16.2. The first-order valence-electron chi connectivity index (χ1n) is 13.3. The molecule has 2 aromatic carbocycles. The fourth-order valence-corrected chi connectivity index (χ4v) is 5.74. The van der Waals surface area contributed by atoms with Gasteiger partial charge in [-0.15, -0.1) is 0 Å². The predicted molar refractivity (Wildman–Crippen MR) is 173 cm³/mol. The molecule has 0 atom stereocenters. The van der Waals surface area contributed by atoms with Crippen LogP contribution in [0.15, 0.2) is 103 Å². The van der Waals surface area contributed by atoms with E-state index in [-0.39, 0.29) is 45.1 Å². The zero-order chi connectivity index (χ0) is 35.6. The minimum atomic E-state index is -4.87. The number of benzene rings is 2. The average molecular weight is 697 g/mol. The molecule has 0 aromatic heterocycles. The number of aliphatic carboxylic acids is 2. The van der Waals surface area contributed by atoms with Gasteiger partial charge in [-0.2, -0.15) is 27.0 Å². The molecule has 0 fully saturated rings. The Bertz CT molecular complexity index is 2080. The van der Waals surface area contributed by atoms with Gasteiger partial charge in [0.05, 0.1) is 22.8 Å². The van der Waals surface area contributed by atoms with Crippen molar-refractivity contribution in [2.75, 3.05) is 10.9 Å². The number of carbonyl (C=O) groups is 4. The van der Waals surface area contributed by atoms with Gasteiger partial charge in [0.15, 0.2) is 11.6 Å². The van der Waals surface area contributed by atoms with Crippen molar-refractivity contribution < 1.29 is 55.3 Å². The molecule has 4 rings (SSSR count). The molecule has 0 bridgehead atoms. The lowest BCUT2D eigenvalue weighted by atomic mass is 9.97. The Hall–Kier alpha value is -5.82. The Kier molecular flexibility index (Phi) is 9.85. The van der Waals surface area contributed by atoms with Crippen LogP contribution < -0.4 is 10.9 Å². The second kappa shape index (κ2) is 13.5. The minimum absolute atomic E-state index is 0.0360. The lowest BCUT2D eigenvalue weighted by molar-refractivity contribution is -0.135. The van der Waals surface area contributed by atoms with E-state index < -0.39 is 64.7 Å². The van der Waals surface area contributed by atoms with Crippen LogP contribution in [0.5, 0.6) is 0 Å². The molecule has 0 spiro atoms. The van der Waals surface area contributed by atoms with Crippen LogP contribution in [-0.4, -0.2) is 71.1 Å². The highest BCUT2D eigenvalue weighted by molar-refractivity contribution is 7.86. The van der Waals surface area contributed by atoms with Crippen LogP contribution in [0.25, 0.3) is 12.2 Å². The molecule has 0 unspecified atom stereocenters. The molecule has 0 radical (unpaired) electrons. The van der Waals surface area contributed by atoms with E-state index in [0.717, 1.165) is 36.4 Å². The van der Waals surface area contributed by atoms with Gasteiger partial charge in [-0.1, -0.05) is 24.3 Å². The van der Waals surface area contributed by atoms with Crippen molar-refractivity contribution >= 4 is 78.7 Å². The molecule has 2 aliphatic carbocycles. The van der Waals surface area contributed by atoms with E-state index in [0.29, 0.717) is 0 Å². The number of carbonyl (C=O) groups excluding carboxylic acids is 2. The van der Waals surface area contributed by atoms with Crippen LogP contribution in [0.1, 0.15) is 25.0 Å². The zero-order valence-electron chi connectivity index (χ0n) is 24.7. The Morgan fingerprint density at radius 1 is 0.646 bits per heavy atom. The summed E-state index contributed by atoms with van der Waals surface area (Å²) in [5.41, 5.74) is 4.18. The number of Topliss-reactive ketones (excluding diaryl/α,β-unsaturated/α-hetero) is 2. The molecule has 0 aliphatic heterocycles. The fraction of sp³-hybridized carbons (Fsp3) is 0.0667. The summed E-state index contributed by atoms with van der Waals surface area (Å²) < 4.78 is 68.6. The van der Waals surface area contributed by atoms with Crippen LogP contribution in [0, 0.1) is 0 Å². The van der Waals surface area contributed by atoms with E-state index in [1.807, 2.05) is 0 Å². The topological polar surface area (TPSA) is 266 Å². The van der Waals surface area contributed by atoms with E-state index in [9.17, 15) is 55.3 Å². The van der Waals surface area contributed by atoms with Gasteiger partial charge in [-0.05, 0) is 84.7 Å². The van der Waals surface area contributed by atoms with Crippen LogP contribution >= 0.6 is 0 Å². The molecule has 248 valence electrons. The quantitative estimate of drug-likeness (QED) is 0.0686. The molecule has 18 heteroatoms. The smallest absolute Gasteiger partial charge is 0.339 e. The SMILES string of the molecule is CC1=C/C(=N\Nc2ccc(/C=C/c3ccc(N/N=C4\C=C(C)C(=O)C(C(=O)O)=C4)cc3S(=O)(=O)O)c(S(=O)(=O)O)c2)C=C(C(=O)O)C1=O. The summed E-state index contributed by atoms with van der Waals surface area (Å²) in [6, 6.07) is 7.18. The maximum Gasteiger partial charge on any atom is 0.339 e. The number of ketones is 2. The number of carboxylic acids is 2. The first-order chi connectivity index (χ1) is 22.3. The Labute approximate surface area is 272 Å². The number of rotatable bonds is 10. The molecule has 0 saturated carbocycles. The Morgan fingerprint density at radius 3 is 1.31 bits per heavy atom. The third-order valence-corrected chi connectivity index (χ3v) is 8.45. The summed E-state index contributed by atoms with van der Waals surface area (Å²) in [6.45, 7) is 2.79. The summed E-state index contributed by atoms with van der Waals surface area (Å²) >= 11 is 0. The molecule has 6 N–H and O–H groups in total. The van der Waals surface area contributed by atoms with Crippen molar-refractivity contribution in [3.05, 3.63) is 94.1 Å². The average Bonchev–Trinajstić information content (AvgIpc) is 3.00. The van der Waals surface area contributed by atoms with Crippen molar-refractivity contribution in [2.24, 2.45) is 10.2 Å². The molecule has 0 saturated heterocycles. The second-order valence-corrected chi connectivity index (χ2v) is 12.9. The molecule has 2 aromatic rings. The third-order valence-electron chi connectivity index (χ3n) is 6.63. The van der Waals surface area contributed by atoms with Crippen LogP contribution in [0.2, 0.25) is 0 Å². The van der Waals surface area contributed by atoms with E-state index in [1.54, 1.807) is 0 Å². The lowest BCUT2D eigenvalue weighted by Crippen LogP contribution is -2.19. The van der Waals surface area contributed by atoms with Crippen molar-refractivity contribution in [1.82, 2.24) is 0 Å². The summed E-state index contributed by atoms with van der Waals surface area (Å²) in [4.78, 5) is 45.4. The molecule has 2 aliphatic rings. The first kappa shape index (κ1) is 35.0. The van der Waals surface area contributed by atoms with E-state index >= 15 is 0 Å². The monoisotopic (exact) mass is 696 g/mol. The number of allylic oxidation sites excluding steroid dienone is 6. The standard InChI is InChI=1S/C30H24N4O12S2/c1-15-9-21(11-23(27(15)35)29(37)38)33-31-19-7-5-17(25(13-19)47(41,42)43)3-4-18-6-8-20(14-26(18)48(44,45)46)32-34-22-10-16(2)28(36)24(12-22)30(39)40/h3-14,31-32H,1-2H3,(H,37,38)(H,39,40)(H,41,42,43)(H,44,45,46)/b4-3+,33-21+,34-22+. The van der Waals surface area contributed by atoms with Gasteiger partial charge in [0.1, 0.15) is 20.9 Å². The highest BCUT2D eigenvalue weighted by atomic mass is 32.2. The van der Waals surface area contributed by atoms with Gasteiger partial charge in [0, 0.05) is 0 Å². The fourth-order valence-electron chi connectivity index (χ4n) is 4.32. The number of nitrogens with zero attached hydrogens (tertiary/aromatic N) is 2. The number of anilines is 2. The van der Waals surface area contributed by atoms with E-state index in [4.69, 9.17) is 0 Å². The number of hydrogen-bond donors (Lipinski definition) is 6. The Morgan fingerprint density at radius 2 is 1.00 bits per heavy atom. The van der Waals surface area contributed by atoms with E-state index in [2.05, 4.69) is 21.1 Å². The Balaban J connectivity index is 1.64. The molecule has 0 heterocycles. The maximum atomic E-state index is 12.2. The van der Waals surface area contributed by atoms with Crippen molar-refractivity contribution in [3.8, 4) is 0 Å². The van der Waals surface area contributed by atoms with Crippen molar-refractivity contribution in [2.45, 2.75) is 23.6 Å². The number of hydrogen-bond acceptors (Lipinski definition) is 12. The normalized spacial score (nSPS) is 17.2. The lowest BCUT2D eigenvalue weighted by Gasteiger charge is -2.11. The van der Waals surface area contributed by atoms with E-state index in [1.165, 1.54) is 50.3 Å². The molecule has 0 amide bonds. The maximum absolute atomic E-state index is 12.2. The largest absolute Gasteiger partial charge is 0.478 e. The summed E-state index contributed by atoms with van der Waals surface area (Å²) in [6.07, 6.45) is 6.98. The van der Waals surface area contributed by atoms with Gasteiger partial charge in [-0.3, -0.25) is 29.5 Å². The summed E-state index contributed by atoms with van der Waals surface area (Å²) in [5, 5.41) is 26.4. The number of carboxylic acid groups (broad SMARTS) is 2. The number of nitrogens with one attached hydrogen (secondary N) is 2. The zero-order valence-corrected chi connectivity index (χ0v) is 26.3.